The van der Waals surface area contributed by atoms with E-state index < -0.39 is 6.10 Å². The average molecular weight is 444 g/mol. The smallest absolute Gasteiger partial charge is 0.337 e. The fraction of sp³-hybridized carbons (Fsp3) is 0.609. The maximum absolute atomic E-state index is 13.2. The molecule has 0 aliphatic carbocycles. The summed E-state index contributed by atoms with van der Waals surface area (Å²) in [5, 5.41) is 13.5. The summed E-state index contributed by atoms with van der Waals surface area (Å²) < 4.78 is 2.90. The molecule has 2 unspecified atom stereocenters. The lowest BCUT2D eigenvalue weighted by molar-refractivity contribution is -0.118. The van der Waals surface area contributed by atoms with Crippen molar-refractivity contribution < 1.29 is 14.7 Å². The molecule has 1 aromatic heterocycles. The van der Waals surface area contributed by atoms with Crippen molar-refractivity contribution in [1.29, 1.82) is 0 Å². The number of fused-ring (bicyclic) bond motifs is 3. The van der Waals surface area contributed by atoms with Gasteiger partial charge >= 0.3 is 11.7 Å². The van der Waals surface area contributed by atoms with Crippen LogP contribution in [0.15, 0.2) is 29.1 Å². The van der Waals surface area contributed by atoms with E-state index in [1.54, 1.807) is 17.7 Å². The van der Waals surface area contributed by atoms with Crippen LogP contribution in [0.3, 0.4) is 0 Å². The zero-order valence-corrected chi connectivity index (χ0v) is 19.0. The number of benzene rings is 1. The van der Waals surface area contributed by atoms with Gasteiger partial charge < -0.3 is 15.3 Å². The number of hydrogen-bond donors (Lipinski definition) is 2. The minimum absolute atomic E-state index is 0.0147. The molecular formula is C23H33N5O4. The molecule has 3 heterocycles. The average Bonchev–Trinajstić information content (AvgIpc) is 3.16. The number of rotatable bonds is 7. The van der Waals surface area contributed by atoms with E-state index >= 15 is 0 Å². The number of aliphatic hydroxyl groups is 1. The van der Waals surface area contributed by atoms with Gasteiger partial charge in [0.25, 0.3) is 0 Å². The van der Waals surface area contributed by atoms with Gasteiger partial charge in [-0.05, 0) is 51.7 Å². The van der Waals surface area contributed by atoms with E-state index in [2.05, 4.69) is 10.2 Å². The number of nitrogens with zero attached hydrogens (tertiary/aromatic N) is 4. The molecule has 2 saturated heterocycles. The third-order valence-corrected chi connectivity index (χ3v) is 6.81. The van der Waals surface area contributed by atoms with Gasteiger partial charge in [-0.25, -0.2) is 14.2 Å². The summed E-state index contributed by atoms with van der Waals surface area (Å²) in [6.07, 6.45) is 3.75. The lowest BCUT2D eigenvalue weighted by Gasteiger charge is -2.40. The summed E-state index contributed by atoms with van der Waals surface area (Å²) in [5.41, 5.74) is 1.06. The van der Waals surface area contributed by atoms with Gasteiger partial charge in [-0.1, -0.05) is 12.1 Å². The van der Waals surface area contributed by atoms with Crippen LogP contribution >= 0.6 is 0 Å². The first-order chi connectivity index (χ1) is 15.3. The molecule has 4 rings (SSSR count). The van der Waals surface area contributed by atoms with E-state index in [4.69, 9.17) is 0 Å². The van der Waals surface area contributed by atoms with Gasteiger partial charge in [-0.2, -0.15) is 0 Å². The van der Waals surface area contributed by atoms with E-state index in [-0.39, 0.29) is 35.9 Å². The van der Waals surface area contributed by atoms with Crippen LogP contribution in [0.25, 0.3) is 11.0 Å². The highest BCUT2D eigenvalue weighted by molar-refractivity contribution is 5.89. The number of piperidine rings is 1. The third kappa shape index (κ3) is 4.19. The zero-order valence-electron chi connectivity index (χ0n) is 19.0. The molecule has 2 bridgehead atoms. The Labute approximate surface area is 187 Å². The maximum atomic E-state index is 13.2. The van der Waals surface area contributed by atoms with E-state index in [0.717, 1.165) is 37.6 Å². The lowest BCUT2D eigenvalue weighted by atomic mass is 9.97. The minimum Gasteiger partial charge on any atom is -0.390 e. The molecule has 0 radical (unpaired) electrons. The van der Waals surface area contributed by atoms with Crippen LogP contribution in [0, 0.1) is 0 Å². The monoisotopic (exact) mass is 443 g/mol. The molecule has 0 saturated carbocycles. The highest BCUT2D eigenvalue weighted by Gasteiger charge is 2.42. The Hall–Kier alpha value is -2.65. The first-order valence-corrected chi connectivity index (χ1v) is 11.4. The fourth-order valence-electron chi connectivity index (χ4n) is 5.47. The SMILES string of the molecule is CC(C)n1c(=O)n(C(=O)NC2C[C@H]3CC[C@@H](C2)N3CC(O)CN(C)C=O)c2ccccc21. The zero-order chi connectivity index (χ0) is 23.0. The molecule has 32 heavy (non-hydrogen) atoms. The van der Waals surface area contributed by atoms with Crippen molar-refractivity contribution in [3.05, 3.63) is 34.7 Å². The largest absolute Gasteiger partial charge is 0.390 e. The lowest BCUT2D eigenvalue weighted by Crippen LogP contribution is -2.54. The number of para-hydroxylation sites is 2. The highest BCUT2D eigenvalue weighted by atomic mass is 16.3. The minimum atomic E-state index is -0.597. The van der Waals surface area contributed by atoms with Crippen molar-refractivity contribution in [1.82, 2.24) is 24.3 Å². The summed E-state index contributed by atoms with van der Waals surface area (Å²) in [7, 11) is 1.66. The number of aromatic nitrogens is 2. The fourth-order valence-corrected chi connectivity index (χ4v) is 5.47. The van der Waals surface area contributed by atoms with Crippen molar-refractivity contribution >= 4 is 23.5 Å². The molecule has 9 nitrogen and oxygen atoms in total. The molecule has 2 amide bonds. The predicted molar refractivity (Wildman–Crippen MR) is 122 cm³/mol. The Balaban J connectivity index is 1.46. The Bertz CT molecular complexity index is 1030. The van der Waals surface area contributed by atoms with Crippen LogP contribution in [-0.2, 0) is 4.79 Å². The van der Waals surface area contributed by atoms with Gasteiger partial charge in [0.05, 0.1) is 17.1 Å². The normalized spacial score (nSPS) is 24.1. The van der Waals surface area contributed by atoms with Crippen molar-refractivity contribution in [2.24, 2.45) is 0 Å². The second-order valence-electron chi connectivity index (χ2n) is 9.47. The number of aliphatic hydroxyl groups excluding tert-OH is 1. The van der Waals surface area contributed by atoms with Crippen LogP contribution in [0.2, 0.25) is 0 Å². The van der Waals surface area contributed by atoms with Gasteiger partial charge in [0.15, 0.2) is 0 Å². The first-order valence-electron chi connectivity index (χ1n) is 11.4. The summed E-state index contributed by atoms with van der Waals surface area (Å²) in [6.45, 7) is 4.70. The summed E-state index contributed by atoms with van der Waals surface area (Å²) in [6, 6.07) is 7.50. The topological polar surface area (TPSA) is 99.8 Å². The molecule has 2 aromatic rings. The maximum Gasteiger partial charge on any atom is 0.337 e. The van der Waals surface area contributed by atoms with E-state index in [0.29, 0.717) is 18.6 Å². The Morgan fingerprint density at radius 2 is 1.84 bits per heavy atom. The second-order valence-corrected chi connectivity index (χ2v) is 9.47. The Morgan fingerprint density at radius 3 is 2.44 bits per heavy atom. The highest BCUT2D eigenvalue weighted by Crippen LogP contribution is 2.35. The second kappa shape index (κ2) is 9.07. The van der Waals surface area contributed by atoms with Gasteiger partial charge in [-0.15, -0.1) is 0 Å². The molecule has 1 aromatic carbocycles. The van der Waals surface area contributed by atoms with Gasteiger partial charge in [-0.3, -0.25) is 14.3 Å². The van der Waals surface area contributed by atoms with Crippen molar-refractivity contribution in [3.63, 3.8) is 0 Å². The molecule has 2 aliphatic rings. The van der Waals surface area contributed by atoms with Crippen LogP contribution in [0.4, 0.5) is 4.79 Å². The molecular weight excluding hydrogens is 410 g/mol. The standard InChI is InChI=1S/C23H33N5O4/c1-15(2)27-20-6-4-5-7-21(20)28(23(27)32)22(31)24-16-10-17-8-9-18(11-16)26(17)13-19(30)12-25(3)14-29/h4-7,14-19,30H,8-13H2,1-3H3,(H,24,31)/t16?,17-,18+,19?. The van der Waals surface area contributed by atoms with Crippen LogP contribution < -0.4 is 11.0 Å². The molecule has 2 fully saturated rings. The third-order valence-electron chi connectivity index (χ3n) is 6.81. The molecule has 4 atom stereocenters. The van der Waals surface area contributed by atoms with Gasteiger partial charge in [0.1, 0.15) is 0 Å². The molecule has 2 N–H and O–H groups in total. The van der Waals surface area contributed by atoms with E-state index in [1.807, 2.05) is 32.0 Å². The van der Waals surface area contributed by atoms with Crippen molar-refractivity contribution in [3.8, 4) is 0 Å². The van der Waals surface area contributed by atoms with E-state index in [1.165, 1.54) is 9.47 Å². The predicted octanol–water partition coefficient (Wildman–Crippen LogP) is 1.39. The summed E-state index contributed by atoms with van der Waals surface area (Å²) in [4.78, 5) is 40.8. The number of carbonyl (C=O) groups is 2. The van der Waals surface area contributed by atoms with Gasteiger partial charge in [0, 0.05) is 44.3 Å². The summed E-state index contributed by atoms with van der Waals surface area (Å²) in [5.74, 6) is 0. The number of likely N-dealkylation sites (N-methyl/N-ethyl adjacent to an activating group) is 1. The van der Waals surface area contributed by atoms with Crippen molar-refractivity contribution in [2.45, 2.75) is 69.8 Å². The first kappa shape index (κ1) is 22.5. The van der Waals surface area contributed by atoms with Crippen molar-refractivity contribution in [2.75, 3.05) is 20.1 Å². The van der Waals surface area contributed by atoms with Crippen LogP contribution in [0.5, 0.6) is 0 Å². The molecule has 174 valence electrons. The molecule has 9 heteroatoms. The number of amides is 2. The number of nitrogens with one attached hydrogen (secondary N) is 1. The Morgan fingerprint density at radius 1 is 1.22 bits per heavy atom. The molecule has 2 aliphatic heterocycles. The number of imidazole rings is 1. The van der Waals surface area contributed by atoms with E-state index in [9.17, 15) is 19.5 Å². The van der Waals surface area contributed by atoms with Crippen LogP contribution in [0.1, 0.15) is 45.6 Å². The number of carbonyl (C=O) groups excluding carboxylic acids is 2. The quantitative estimate of drug-likeness (QED) is 0.630. The summed E-state index contributed by atoms with van der Waals surface area (Å²) >= 11 is 0. The Kier molecular flexibility index (Phi) is 6.39. The van der Waals surface area contributed by atoms with Gasteiger partial charge in [0.2, 0.25) is 6.41 Å². The molecule has 0 spiro atoms. The van der Waals surface area contributed by atoms with Crippen LogP contribution in [-0.4, -0.2) is 80.8 Å². The number of hydrogen-bond acceptors (Lipinski definition) is 5.